The van der Waals surface area contributed by atoms with Gasteiger partial charge in [-0.05, 0) is 36.7 Å². The lowest BCUT2D eigenvalue weighted by Crippen LogP contribution is -2.18. The lowest BCUT2D eigenvalue weighted by Gasteiger charge is -2.06. The first kappa shape index (κ1) is 22.3. The summed E-state index contributed by atoms with van der Waals surface area (Å²) < 4.78 is 5.64. The zero-order chi connectivity index (χ0) is 22.2. The minimum Gasteiger partial charge on any atom is -0.478 e. The lowest BCUT2D eigenvalue weighted by atomic mass is 10.1. The van der Waals surface area contributed by atoms with Crippen molar-refractivity contribution in [3.05, 3.63) is 94.2 Å². The summed E-state index contributed by atoms with van der Waals surface area (Å²) in [5, 5.41) is 14.1. The Morgan fingerprint density at radius 2 is 1.78 bits per heavy atom. The predicted molar refractivity (Wildman–Crippen MR) is 127 cm³/mol. The Morgan fingerprint density at radius 3 is 2.56 bits per heavy atom. The first-order valence-electron chi connectivity index (χ1n) is 10.4. The second-order valence-corrected chi connectivity index (χ2v) is 8.02. The van der Waals surface area contributed by atoms with Crippen molar-refractivity contribution in [2.45, 2.75) is 19.5 Å². The predicted octanol–water partition coefficient (Wildman–Crippen LogP) is 5.25. The Kier molecular flexibility index (Phi) is 7.72. The Balaban J connectivity index is 1.39. The molecule has 0 unspecified atom stereocenters. The van der Waals surface area contributed by atoms with Crippen LogP contribution in [0.2, 0.25) is 10.0 Å². The van der Waals surface area contributed by atoms with Crippen LogP contribution in [0.25, 0.3) is 11.3 Å². The van der Waals surface area contributed by atoms with Crippen LogP contribution in [-0.4, -0.2) is 33.1 Å². The van der Waals surface area contributed by atoms with Crippen LogP contribution in [0.5, 0.6) is 5.88 Å². The number of benzene rings is 2. The van der Waals surface area contributed by atoms with Crippen LogP contribution >= 0.6 is 23.2 Å². The third kappa shape index (κ3) is 6.07. The van der Waals surface area contributed by atoms with E-state index >= 15 is 0 Å². The monoisotopic (exact) mass is 467 g/mol. The Hall–Kier alpha value is -2.93. The number of halogens is 2. The maximum absolute atomic E-state index is 6.34. The molecule has 1 N–H and O–H groups in total. The number of ether oxygens (including phenoxy) is 1. The van der Waals surface area contributed by atoms with E-state index in [4.69, 9.17) is 38.1 Å². The molecule has 4 rings (SSSR count). The number of hydrogen-bond donors (Lipinski definition) is 1. The molecule has 2 heterocycles. The van der Waals surface area contributed by atoms with Gasteiger partial charge in [-0.2, -0.15) is 15.0 Å². The van der Waals surface area contributed by atoms with Crippen molar-refractivity contribution in [1.29, 1.82) is 0 Å². The fourth-order valence-electron chi connectivity index (χ4n) is 3.21. The van der Waals surface area contributed by atoms with E-state index in [1.807, 2.05) is 60.7 Å². The molecule has 6 nitrogen and oxygen atoms in total. The Bertz CT molecular complexity index is 1140. The van der Waals surface area contributed by atoms with Gasteiger partial charge in [-0.3, -0.25) is 0 Å². The lowest BCUT2D eigenvalue weighted by molar-refractivity contribution is 0.296. The fourth-order valence-corrected chi connectivity index (χ4v) is 3.68. The van der Waals surface area contributed by atoms with Crippen LogP contribution in [0.15, 0.2) is 72.9 Å². The van der Waals surface area contributed by atoms with Crippen LogP contribution in [0.1, 0.15) is 17.7 Å². The van der Waals surface area contributed by atoms with E-state index in [0.29, 0.717) is 35.6 Å². The van der Waals surface area contributed by atoms with E-state index in [1.165, 1.54) is 0 Å². The van der Waals surface area contributed by atoms with Crippen LogP contribution in [0.4, 0.5) is 0 Å². The summed E-state index contributed by atoms with van der Waals surface area (Å²) in [7, 11) is 0. The molecule has 0 spiro atoms. The zero-order valence-electron chi connectivity index (χ0n) is 17.4. The van der Waals surface area contributed by atoms with E-state index in [9.17, 15) is 0 Å². The average Bonchev–Trinajstić information content (AvgIpc) is 3.22. The number of hydrogen-bond acceptors (Lipinski definition) is 5. The zero-order valence-corrected chi connectivity index (χ0v) is 18.9. The summed E-state index contributed by atoms with van der Waals surface area (Å²) in [6.45, 7) is 2.45. The van der Waals surface area contributed by atoms with Crippen LogP contribution in [0.3, 0.4) is 0 Å². The van der Waals surface area contributed by atoms with Crippen molar-refractivity contribution >= 4 is 23.2 Å². The van der Waals surface area contributed by atoms with Gasteiger partial charge in [0.25, 0.3) is 0 Å². The number of nitrogens with zero attached hydrogens (tertiary/aromatic N) is 4. The summed E-state index contributed by atoms with van der Waals surface area (Å²) in [4.78, 5) is 5.84. The molecule has 0 amide bonds. The van der Waals surface area contributed by atoms with Gasteiger partial charge < -0.3 is 10.1 Å². The number of aromatic nitrogens is 4. The summed E-state index contributed by atoms with van der Waals surface area (Å²) in [6, 6.07) is 21.1. The summed E-state index contributed by atoms with van der Waals surface area (Å²) in [5.41, 5.74) is 3.67. The van der Waals surface area contributed by atoms with Gasteiger partial charge in [-0.1, -0.05) is 65.7 Å². The second kappa shape index (κ2) is 11.1. The van der Waals surface area contributed by atoms with Gasteiger partial charge in [0.15, 0.2) is 0 Å². The van der Waals surface area contributed by atoms with E-state index in [-0.39, 0.29) is 0 Å². The van der Waals surface area contributed by atoms with Crippen molar-refractivity contribution in [1.82, 2.24) is 25.3 Å². The first-order valence-corrected chi connectivity index (χ1v) is 11.1. The molecule has 32 heavy (non-hydrogen) atoms. The number of pyridine rings is 1. The third-order valence-corrected chi connectivity index (χ3v) is 5.36. The Morgan fingerprint density at radius 1 is 0.938 bits per heavy atom. The number of rotatable bonds is 10. The standard InChI is InChI=1S/C24H23Cl2N5O/c25-20-11-10-19(21(26)15-20)17-31-29-22(24(30-31)18-7-2-1-3-8-18)16-27-12-6-14-32-23-9-4-5-13-28-23/h1-5,7-11,13,15,27H,6,12,14,16-17H2. The van der Waals surface area contributed by atoms with Crippen LogP contribution in [0, 0.1) is 0 Å². The Labute approximate surface area is 197 Å². The van der Waals surface area contributed by atoms with Gasteiger partial charge in [-0.25, -0.2) is 4.98 Å². The molecule has 0 saturated carbocycles. The molecular weight excluding hydrogens is 445 g/mol. The fraction of sp³-hybridized carbons (Fsp3) is 0.208. The summed E-state index contributed by atoms with van der Waals surface area (Å²) in [5.74, 6) is 0.641. The van der Waals surface area contributed by atoms with Gasteiger partial charge in [-0.15, -0.1) is 0 Å². The molecule has 8 heteroatoms. The topological polar surface area (TPSA) is 64.9 Å². The molecule has 4 aromatic rings. The SMILES string of the molecule is Clc1ccc(Cn2nc(CNCCCOc3ccccn3)c(-c3ccccc3)n2)c(Cl)c1. The first-order chi connectivity index (χ1) is 15.7. The maximum Gasteiger partial charge on any atom is 0.213 e. The minimum atomic E-state index is 0.466. The molecule has 0 atom stereocenters. The molecular formula is C24H23Cl2N5O. The van der Waals surface area contributed by atoms with E-state index in [1.54, 1.807) is 17.1 Å². The van der Waals surface area contributed by atoms with Crippen molar-refractivity contribution in [2.75, 3.05) is 13.2 Å². The second-order valence-electron chi connectivity index (χ2n) is 7.17. The molecule has 2 aromatic heterocycles. The van der Waals surface area contributed by atoms with Gasteiger partial charge >= 0.3 is 0 Å². The van der Waals surface area contributed by atoms with Crippen molar-refractivity contribution in [3.8, 4) is 17.1 Å². The normalized spacial score (nSPS) is 10.9. The summed E-state index contributed by atoms with van der Waals surface area (Å²) >= 11 is 12.4. The van der Waals surface area contributed by atoms with Gasteiger partial charge in [0.2, 0.25) is 5.88 Å². The average molecular weight is 468 g/mol. The van der Waals surface area contributed by atoms with Crippen LogP contribution < -0.4 is 10.1 Å². The molecule has 0 saturated heterocycles. The van der Waals surface area contributed by atoms with E-state index < -0.39 is 0 Å². The highest BCUT2D eigenvalue weighted by molar-refractivity contribution is 6.35. The number of nitrogens with one attached hydrogen (secondary N) is 1. The molecule has 164 valence electrons. The highest BCUT2D eigenvalue weighted by Gasteiger charge is 2.14. The summed E-state index contributed by atoms with van der Waals surface area (Å²) in [6.07, 6.45) is 2.57. The molecule has 0 radical (unpaired) electrons. The maximum atomic E-state index is 6.34. The van der Waals surface area contributed by atoms with E-state index in [0.717, 1.165) is 35.5 Å². The van der Waals surface area contributed by atoms with Crippen molar-refractivity contribution in [2.24, 2.45) is 0 Å². The largest absolute Gasteiger partial charge is 0.478 e. The molecule has 0 fully saturated rings. The minimum absolute atomic E-state index is 0.466. The molecule has 2 aromatic carbocycles. The molecule has 0 aliphatic heterocycles. The quantitative estimate of drug-likeness (QED) is 0.322. The van der Waals surface area contributed by atoms with Crippen molar-refractivity contribution < 1.29 is 4.74 Å². The third-order valence-electron chi connectivity index (χ3n) is 4.78. The smallest absolute Gasteiger partial charge is 0.213 e. The highest BCUT2D eigenvalue weighted by Crippen LogP contribution is 2.23. The van der Waals surface area contributed by atoms with Crippen molar-refractivity contribution in [3.63, 3.8) is 0 Å². The highest BCUT2D eigenvalue weighted by atomic mass is 35.5. The molecule has 0 aliphatic carbocycles. The van der Waals surface area contributed by atoms with Gasteiger partial charge in [0.1, 0.15) is 11.4 Å². The van der Waals surface area contributed by atoms with Gasteiger partial charge in [0.05, 0.1) is 13.2 Å². The van der Waals surface area contributed by atoms with E-state index in [2.05, 4.69) is 10.3 Å². The van der Waals surface area contributed by atoms with Gasteiger partial charge in [0, 0.05) is 34.4 Å². The molecule has 0 bridgehead atoms. The van der Waals surface area contributed by atoms with Crippen LogP contribution in [-0.2, 0) is 13.1 Å². The molecule has 0 aliphatic rings.